The Kier molecular flexibility index (Phi) is 4.97. The van der Waals surface area contributed by atoms with Crippen LogP contribution in [0, 0.1) is 5.92 Å². The molecule has 2 atom stereocenters. The molecule has 0 bridgehead atoms. The van der Waals surface area contributed by atoms with E-state index in [-0.39, 0.29) is 24.2 Å². The van der Waals surface area contributed by atoms with Crippen LogP contribution in [0.5, 0.6) is 0 Å². The lowest BCUT2D eigenvalue weighted by atomic mass is 9.80. The summed E-state index contributed by atoms with van der Waals surface area (Å²) in [5.74, 6) is -0.795. The summed E-state index contributed by atoms with van der Waals surface area (Å²) in [5, 5.41) is 9.26. The summed E-state index contributed by atoms with van der Waals surface area (Å²) in [6, 6.07) is 9.99. The summed E-state index contributed by atoms with van der Waals surface area (Å²) in [6.07, 6.45) is 0.928. The third kappa shape index (κ3) is 3.20. The molecule has 3 nitrogen and oxygen atoms in total. The Hall–Kier alpha value is -1.06. The Labute approximate surface area is 108 Å². The fourth-order valence-electron chi connectivity index (χ4n) is 2.46. The van der Waals surface area contributed by atoms with Crippen LogP contribution in [-0.4, -0.2) is 36.1 Å². The molecule has 1 aliphatic rings. The first-order valence-corrected chi connectivity index (χ1v) is 5.65. The number of likely N-dealkylation sites (tertiary alicyclic amines) is 1. The summed E-state index contributed by atoms with van der Waals surface area (Å²) < 4.78 is 0. The molecule has 4 heteroatoms. The number of aliphatic carboxylic acids is 1. The van der Waals surface area contributed by atoms with E-state index in [0.29, 0.717) is 6.54 Å². The zero-order valence-corrected chi connectivity index (χ0v) is 10.7. The lowest BCUT2D eigenvalue weighted by Gasteiger charge is -2.34. The number of rotatable bonds is 2. The summed E-state index contributed by atoms with van der Waals surface area (Å²) in [5.41, 5.74) is 1.16. The maximum absolute atomic E-state index is 11.3. The Balaban J connectivity index is 0.00000144. The minimum absolute atomic E-state index is 0. The average molecular weight is 256 g/mol. The first-order valence-electron chi connectivity index (χ1n) is 5.65. The number of hydrogen-bond donors (Lipinski definition) is 1. The van der Waals surface area contributed by atoms with E-state index in [1.807, 2.05) is 37.4 Å². The predicted octanol–water partition coefficient (Wildman–Crippen LogP) is 2.23. The summed E-state index contributed by atoms with van der Waals surface area (Å²) in [6.45, 7) is 1.62. The van der Waals surface area contributed by atoms with E-state index in [0.717, 1.165) is 18.5 Å². The Morgan fingerprint density at radius 1 is 1.35 bits per heavy atom. The van der Waals surface area contributed by atoms with Crippen molar-refractivity contribution in [3.8, 4) is 0 Å². The molecule has 0 amide bonds. The highest BCUT2D eigenvalue weighted by molar-refractivity contribution is 5.85. The van der Waals surface area contributed by atoms with Crippen LogP contribution in [0.4, 0.5) is 0 Å². The molecule has 2 rings (SSSR count). The highest BCUT2D eigenvalue weighted by Gasteiger charge is 2.33. The van der Waals surface area contributed by atoms with Crippen molar-refractivity contribution in [2.24, 2.45) is 5.92 Å². The van der Waals surface area contributed by atoms with Gasteiger partial charge in [-0.05, 0) is 31.5 Å². The quantitative estimate of drug-likeness (QED) is 0.881. The maximum Gasteiger partial charge on any atom is 0.308 e. The summed E-state index contributed by atoms with van der Waals surface area (Å²) in [7, 11) is 1.98. The van der Waals surface area contributed by atoms with Crippen LogP contribution in [0.25, 0.3) is 0 Å². The second kappa shape index (κ2) is 6.03. The normalized spacial score (nSPS) is 25.0. The molecule has 0 aromatic heterocycles. The van der Waals surface area contributed by atoms with Crippen molar-refractivity contribution < 1.29 is 9.90 Å². The van der Waals surface area contributed by atoms with Gasteiger partial charge in [-0.3, -0.25) is 4.79 Å². The minimum Gasteiger partial charge on any atom is -0.481 e. The van der Waals surface area contributed by atoms with Crippen molar-refractivity contribution in [2.75, 3.05) is 20.1 Å². The molecule has 0 radical (unpaired) electrons. The number of halogens is 1. The number of hydrogen-bond acceptors (Lipinski definition) is 2. The molecule has 1 saturated heterocycles. The number of carbonyl (C=O) groups is 1. The highest BCUT2D eigenvalue weighted by Crippen LogP contribution is 2.32. The number of nitrogens with zero attached hydrogens (tertiary/aromatic N) is 1. The second-order valence-electron chi connectivity index (χ2n) is 4.51. The van der Waals surface area contributed by atoms with E-state index in [1.165, 1.54) is 0 Å². The number of carboxylic acids is 1. The van der Waals surface area contributed by atoms with Gasteiger partial charge in [0.2, 0.25) is 0 Å². The minimum atomic E-state index is -0.680. The van der Waals surface area contributed by atoms with Crippen molar-refractivity contribution in [2.45, 2.75) is 12.3 Å². The largest absolute Gasteiger partial charge is 0.481 e. The third-order valence-electron chi connectivity index (χ3n) is 3.36. The fraction of sp³-hybridized carbons (Fsp3) is 0.462. The second-order valence-corrected chi connectivity index (χ2v) is 4.51. The van der Waals surface area contributed by atoms with Gasteiger partial charge in [-0.15, -0.1) is 12.4 Å². The zero-order valence-electron chi connectivity index (χ0n) is 9.87. The van der Waals surface area contributed by atoms with Gasteiger partial charge in [-0.2, -0.15) is 0 Å². The van der Waals surface area contributed by atoms with Gasteiger partial charge in [0.15, 0.2) is 0 Å². The first-order chi connectivity index (χ1) is 7.68. The SMILES string of the molecule is CN1CCC(c2ccccc2)C(C(=O)O)C1.Cl. The molecular weight excluding hydrogens is 238 g/mol. The van der Waals surface area contributed by atoms with Gasteiger partial charge >= 0.3 is 5.97 Å². The molecule has 1 N–H and O–H groups in total. The van der Waals surface area contributed by atoms with Crippen molar-refractivity contribution in [1.82, 2.24) is 4.90 Å². The van der Waals surface area contributed by atoms with Crippen LogP contribution in [0.15, 0.2) is 30.3 Å². The van der Waals surface area contributed by atoms with Gasteiger partial charge in [0.1, 0.15) is 0 Å². The van der Waals surface area contributed by atoms with Crippen molar-refractivity contribution in [3.63, 3.8) is 0 Å². The van der Waals surface area contributed by atoms with Gasteiger partial charge in [0.05, 0.1) is 5.92 Å². The molecule has 0 saturated carbocycles. The molecule has 1 aromatic carbocycles. The highest BCUT2D eigenvalue weighted by atomic mass is 35.5. The standard InChI is InChI=1S/C13H17NO2.ClH/c1-14-8-7-11(12(9-14)13(15)16)10-5-3-2-4-6-10;/h2-6,11-12H,7-9H2,1H3,(H,15,16);1H. The van der Waals surface area contributed by atoms with E-state index in [9.17, 15) is 9.90 Å². The van der Waals surface area contributed by atoms with Gasteiger partial charge in [0.25, 0.3) is 0 Å². The van der Waals surface area contributed by atoms with Crippen LogP contribution in [0.2, 0.25) is 0 Å². The van der Waals surface area contributed by atoms with Gasteiger partial charge in [-0.1, -0.05) is 30.3 Å². The summed E-state index contributed by atoms with van der Waals surface area (Å²) >= 11 is 0. The molecule has 1 heterocycles. The van der Waals surface area contributed by atoms with Crippen LogP contribution >= 0.6 is 12.4 Å². The van der Waals surface area contributed by atoms with Crippen molar-refractivity contribution in [1.29, 1.82) is 0 Å². The molecular formula is C13H18ClNO2. The lowest BCUT2D eigenvalue weighted by molar-refractivity contribution is -0.144. The molecule has 0 aliphatic carbocycles. The lowest BCUT2D eigenvalue weighted by Crippen LogP contribution is -2.40. The molecule has 1 aliphatic heterocycles. The number of benzene rings is 1. The molecule has 0 spiro atoms. The molecule has 17 heavy (non-hydrogen) atoms. The van der Waals surface area contributed by atoms with Gasteiger partial charge < -0.3 is 10.0 Å². The first kappa shape index (κ1) is 14.0. The van der Waals surface area contributed by atoms with E-state index in [4.69, 9.17) is 0 Å². The van der Waals surface area contributed by atoms with Gasteiger partial charge in [0, 0.05) is 6.54 Å². The van der Waals surface area contributed by atoms with E-state index < -0.39 is 5.97 Å². The van der Waals surface area contributed by atoms with Crippen molar-refractivity contribution >= 4 is 18.4 Å². The van der Waals surface area contributed by atoms with Crippen LogP contribution in [-0.2, 0) is 4.79 Å². The van der Waals surface area contributed by atoms with Gasteiger partial charge in [-0.25, -0.2) is 0 Å². The zero-order chi connectivity index (χ0) is 11.5. The number of piperidine rings is 1. The smallest absolute Gasteiger partial charge is 0.308 e. The maximum atomic E-state index is 11.3. The molecule has 1 fully saturated rings. The molecule has 2 unspecified atom stereocenters. The van der Waals surface area contributed by atoms with E-state index in [2.05, 4.69) is 4.90 Å². The Bertz CT molecular complexity index is 369. The van der Waals surface area contributed by atoms with E-state index >= 15 is 0 Å². The monoisotopic (exact) mass is 255 g/mol. The molecule has 1 aromatic rings. The van der Waals surface area contributed by atoms with Crippen LogP contribution < -0.4 is 0 Å². The van der Waals surface area contributed by atoms with Crippen LogP contribution in [0.1, 0.15) is 17.9 Å². The average Bonchev–Trinajstić information content (AvgIpc) is 2.30. The molecule has 94 valence electrons. The van der Waals surface area contributed by atoms with E-state index in [1.54, 1.807) is 0 Å². The number of carboxylic acid groups (broad SMARTS) is 1. The fourth-order valence-corrected chi connectivity index (χ4v) is 2.46. The third-order valence-corrected chi connectivity index (χ3v) is 3.36. The summed E-state index contributed by atoms with van der Waals surface area (Å²) in [4.78, 5) is 13.4. The predicted molar refractivity (Wildman–Crippen MR) is 69.7 cm³/mol. The Morgan fingerprint density at radius 3 is 2.59 bits per heavy atom. The van der Waals surface area contributed by atoms with Crippen LogP contribution in [0.3, 0.4) is 0 Å². The Morgan fingerprint density at radius 2 is 2.00 bits per heavy atom. The van der Waals surface area contributed by atoms with Crippen molar-refractivity contribution in [3.05, 3.63) is 35.9 Å². The topological polar surface area (TPSA) is 40.5 Å².